The second-order valence-corrected chi connectivity index (χ2v) is 8.32. The molecule has 1 heterocycles. The number of benzene rings is 4. The highest BCUT2D eigenvalue weighted by Gasteiger charge is 2.38. The fourth-order valence-corrected chi connectivity index (χ4v) is 4.62. The number of carbonyl (C=O) groups excluding carboxylic acids is 1. The molecule has 4 nitrogen and oxygen atoms in total. The summed E-state index contributed by atoms with van der Waals surface area (Å²) in [6, 6.07) is 39.0. The van der Waals surface area contributed by atoms with Crippen molar-refractivity contribution >= 4 is 5.91 Å². The van der Waals surface area contributed by atoms with Crippen LogP contribution in [0.3, 0.4) is 0 Å². The molecular weight excluding hydrogens is 418 g/mol. The highest BCUT2D eigenvalue weighted by Crippen LogP contribution is 2.40. The van der Waals surface area contributed by atoms with Crippen molar-refractivity contribution in [3.63, 3.8) is 0 Å². The van der Waals surface area contributed by atoms with Crippen LogP contribution in [-0.2, 0) is 12.0 Å². The summed E-state index contributed by atoms with van der Waals surface area (Å²) >= 11 is 0. The highest BCUT2D eigenvalue weighted by molar-refractivity contribution is 5.92. The molecule has 166 valence electrons. The summed E-state index contributed by atoms with van der Waals surface area (Å²) in [6.07, 6.45) is 4.69. The zero-order valence-corrected chi connectivity index (χ0v) is 18.7. The first-order chi connectivity index (χ1) is 16.7. The molecule has 0 aliphatic carbocycles. The van der Waals surface area contributed by atoms with Crippen LogP contribution in [0.5, 0.6) is 0 Å². The smallest absolute Gasteiger partial charge is 0.248 e. The number of nitrogens with two attached hydrogens (primary N) is 1. The second kappa shape index (κ2) is 9.20. The topological polar surface area (TPSA) is 60.9 Å². The normalized spacial score (nSPS) is 11.3. The Kier molecular flexibility index (Phi) is 5.79. The fourth-order valence-electron chi connectivity index (χ4n) is 4.62. The molecule has 0 saturated carbocycles. The van der Waals surface area contributed by atoms with E-state index in [-0.39, 0.29) is 0 Å². The van der Waals surface area contributed by atoms with Crippen molar-refractivity contribution in [3.8, 4) is 0 Å². The maximum Gasteiger partial charge on any atom is 0.248 e. The molecule has 0 aliphatic heterocycles. The third-order valence-corrected chi connectivity index (χ3v) is 6.22. The van der Waals surface area contributed by atoms with E-state index in [0.29, 0.717) is 12.0 Å². The van der Waals surface area contributed by atoms with E-state index in [1.54, 1.807) is 12.1 Å². The lowest BCUT2D eigenvalue weighted by atomic mass is 9.77. The van der Waals surface area contributed by atoms with Crippen LogP contribution < -0.4 is 5.73 Å². The molecule has 0 unspecified atom stereocenters. The van der Waals surface area contributed by atoms with Gasteiger partial charge in [-0.1, -0.05) is 103 Å². The minimum absolute atomic E-state index is 0.422. The molecule has 4 heteroatoms. The highest BCUT2D eigenvalue weighted by atomic mass is 16.1. The zero-order valence-electron chi connectivity index (χ0n) is 18.7. The predicted molar refractivity (Wildman–Crippen MR) is 135 cm³/mol. The van der Waals surface area contributed by atoms with Crippen molar-refractivity contribution in [1.82, 2.24) is 9.55 Å². The SMILES string of the molecule is NC(=O)c1ccc(Cc2cn(C(c3ccccc3)(c3ccccc3)c3ccccc3)cn2)cc1. The maximum absolute atomic E-state index is 11.4. The van der Waals surface area contributed by atoms with Crippen molar-refractivity contribution in [2.24, 2.45) is 5.73 Å². The predicted octanol–water partition coefficient (Wildman–Crippen LogP) is 5.41. The van der Waals surface area contributed by atoms with E-state index in [4.69, 9.17) is 10.7 Å². The van der Waals surface area contributed by atoms with Crippen molar-refractivity contribution in [3.05, 3.63) is 161 Å². The van der Waals surface area contributed by atoms with Gasteiger partial charge in [-0.2, -0.15) is 0 Å². The van der Waals surface area contributed by atoms with Gasteiger partial charge in [-0.05, 0) is 34.4 Å². The van der Waals surface area contributed by atoms with Gasteiger partial charge in [0.1, 0.15) is 5.54 Å². The largest absolute Gasteiger partial charge is 0.366 e. The summed E-state index contributed by atoms with van der Waals surface area (Å²) in [7, 11) is 0. The van der Waals surface area contributed by atoms with E-state index in [9.17, 15) is 4.79 Å². The molecule has 5 rings (SSSR count). The van der Waals surface area contributed by atoms with Gasteiger partial charge in [-0.25, -0.2) is 4.98 Å². The number of rotatable bonds is 7. The minimum atomic E-state index is -0.579. The van der Waals surface area contributed by atoms with Crippen LogP contribution in [0.25, 0.3) is 0 Å². The molecule has 34 heavy (non-hydrogen) atoms. The molecular formula is C30H25N3O. The lowest BCUT2D eigenvalue weighted by Crippen LogP contribution is -2.36. The Hall–Kier alpha value is -4.44. The van der Waals surface area contributed by atoms with E-state index in [0.717, 1.165) is 27.9 Å². The lowest BCUT2D eigenvalue weighted by Gasteiger charge is -2.37. The first-order valence-electron chi connectivity index (χ1n) is 11.3. The Bertz CT molecular complexity index is 1280. The quantitative estimate of drug-likeness (QED) is 0.342. The maximum atomic E-state index is 11.4. The molecule has 0 spiro atoms. The lowest BCUT2D eigenvalue weighted by molar-refractivity contribution is 0.100. The van der Waals surface area contributed by atoms with Gasteiger partial charge in [0.05, 0.1) is 12.0 Å². The fraction of sp³-hybridized carbons (Fsp3) is 0.0667. The third-order valence-electron chi connectivity index (χ3n) is 6.22. The molecule has 1 amide bonds. The molecule has 1 aromatic heterocycles. The molecule has 4 aromatic carbocycles. The van der Waals surface area contributed by atoms with E-state index < -0.39 is 11.4 Å². The summed E-state index contributed by atoms with van der Waals surface area (Å²) in [4.78, 5) is 16.2. The van der Waals surface area contributed by atoms with E-state index >= 15 is 0 Å². The van der Waals surface area contributed by atoms with Crippen LogP contribution in [0.4, 0.5) is 0 Å². The first kappa shape index (κ1) is 21.4. The molecule has 5 aromatic rings. The van der Waals surface area contributed by atoms with Crippen molar-refractivity contribution in [1.29, 1.82) is 0 Å². The van der Waals surface area contributed by atoms with Crippen molar-refractivity contribution < 1.29 is 4.79 Å². The number of carbonyl (C=O) groups is 1. The number of hydrogen-bond donors (Lipinski definition) is 1. The van der Waals surface area contributed by atoms with Gasteiger partial charge < -0.3 is 10.3 Å². The van der Waals surface area contributed by atoms with Crippen LogP contribution >= 0.6 is 0 Å². The van der Waals surface area contributed by atoms with Gasteiger partial charge in [0, 0.05) is 18.2 Å². The molecule has 0 saturated heterocycles. The van der Waals surface area contributed by atoms with Crippen molar-refractivity contribution in [2.75, 3.05) is 0 Å². The average Bonchev–Trinajstić information content (AvgIpc) is 3.35. The molecule has 0 radical (unpaired) electrons. The number of primary amides is 1. The van der Waals surface area contributed by atoms with Crippen molar-refractivity contribution in [2.45, 2.75) is 12.0 Å². The summed E-state index contributed by atoms with van der Waals surface area (Å²) in [5.41, 5.74) is 10.8. The van der Waals surface area contributed by atoms with Gasteiger partial charge in [0.2, 0.25) is 5.91 Å². The molecule has 2 N–H and O–H groups in total. The van der Waals surface area contributed by atoms with Gasteiger partial charge in [-0.3, -0.25) is 4.79 Å². The minimum Gasteiger partial charge on any atom is -0.366 e. The average molecular weight is 444 g/mol. The Morgan fingerprint density at radius 2 is 1.18 bits per heavy atom. The van der Waals surface area contributed by atoms with Gasteiger partial charge >= 0.3 is 0 Å². The Morgan fingerprint density at radius 1 is 0.706 bits per heavy atom. The van der Waals surface area contributed by atoms with Crippen LogP contribution in [0.15, 0.2) is 128 Å². The first-order valence-corrected chi connectivity index (χ1v) is 11.3. The molecule has 0 aliphatic rings. The van der Waals surface area contributed by atoms with Crippen LogP contribution in [-0.4, -0.2) is 15.5 Å². The van der Waals surface area contributed by atoms with Crippen LogP contribution in [0, 0.1) is 0 Å². The van der Waals surface area contributed by atoms with Gasteiger partial charge in [0.25, 0.3) is 0 Å². The Balaban J connectivity index is 1.65. The van der Waals surface area contributed by atoms with Gasteiger partial charge in [-0.15, -0.1) is 0 Å². The zero-order chi connectivity index (χ0) is 23.4. The number of amides is 1. The number of nitrogens with zero attached hydrogens (tertiary/aromatic N) is 2. The van der Waals surface area contributed by atoms with E-state index in [1.807, 2.05) is 36.7 Å². The summed E-state index contributed by atoms with van der Waals surface area (Å²) in [6.45, 7) is 0. The Morgan fingerprint density at radius 3 is 1.62 bits per heavy atom. The Labute approximate surface area is 199 Å². The molecule has 0 atom stereocenters. The molecule has 0 fully saturated rings. The monoisotopic (exact) mass is 443 g/mol. The number of aromatic nitrogens is 2. The van der Waals surface area contributed by atoms with Crippen LogP contribution in [0.2, 0.25) is 0 Å². The van der Waals surface area contributed by atoms with Gasteiger partial charge in [0.15, 0.2) is 0 Å². The standard InChI is InChI=1S/C30H25N3O/c31-29(34)24-18-16-23(17-19-24)20-28-21-33(22-32-28)30(25-10-4-1-5-11-25,26-12-6-2-7-13-26)27-14-8-3-9-15-27/h1-19,21-22H,20H2,(H2,31,34). The molecule has 0 bridgehead atoms. The summed E-state index contributed by atoms with van der Waals surface area (Å²) < 4.78 is 2.21. The summed E-state index contributed by atoms with van der Waals surface area (Å²) in [5.74, 6) is -0.422. The number of hydrogen-bond acceptors (Lipinski definition) is 2. The van der Waals surface area contributed by atoms with E-state index in [1.165, 1.54) is 0 Å². The number of imidazole rings is 1. The second-order valence-electron chi connectivity index (χ2n) is 8.32. The van der Waals surface area contributed by atoms with Crippen LogP contribution in [0.1, 0.15) is 38.3 Å². The summed E-state index contributed by atoms with van der Waals surface area (Å²) in [5, 5.41) is 0. The third kappa shape index (κ3) is 3.90. The van der Waals surface area contributed by atoms with E-state index in [2.05, 4.69) is 83.6 Å².